The topological polar surface area (TPSA) is 159 Å². The number of ether oxygens (including phenoxy) is 2. The molecule has 1 aliphatic carbocycles. The first-order valence-corrected chi connectivity index (χ1v) is 11.0. The number of hydrazone groups is 1. The van der Waals surface area contributed by atoms with Crippen LogP contribution in [0.4, 0.5) is 10.5 Å². The summed E-state index contributed by atoms with van der Waals surface area (Å²) in [6.45, 7) is 5.50. The Morgan fingerprint density at radius 1 is 1.32 bits per heavy atom. The summed E-state index contributed by atoms with van der Waals surface area (Å²) in [5, 5.41) is 21.7. The van der Waals surface area contributed by atoms with E-state index in [2.05, 4.69) is 25.5 Å². The van der Waals surface area contributed by atoms with E-state index in [4.69, 9.17) is 16.3 Å². The number of aromatic nitrogens is 2. The quantitative estimate of drug-likeness (QED) is 0.396. The van der Waals surface area contributed by atoms with Crippen LogP contribution in [0.5, 0.6) is 11.6 Å². The Hall–Kier alpha value is -3.91. The summed E-state index contributed by atoms with van der Waals surface area (Å²) in [5.74, 6) is -0.323. The molecular weight excluding hydrogens is 464 g/mol. The SMILES string of the molecule is CCOC(=O)NC(=O)/C(C#N)=N/Nc1cc(Cl)c(Oc2n[nH]c(=O)cc2C(C)C)c2c1CCC2. The van der Waals surface area contributed by atoms with Gasteiger partial charge in [-0.1, -0.05) is 25.4 Å². The van der Waals surface area contributed by atoms with Crippen molar-refractivity contribution in [3.63, 3.8) is 0 Å². The van der Waals surface area contributed by atoms with Gasteiger partial charge in [-0.05, 0) is 43.7 Å². The number of fused-ring (bicyclic) bond motifs is 1. The highest BCUT2D eigenvalue weighted by atomic mass is 35.5. The monoisotopic (exact) mass is 486 g/mol. The fourth-order valence-electron chi connectivity index (χ4n) is 3.48. The molecule has 0 fully saturated rings. The number of H-pyrrole nitrogens is 1. The third kappa shape index (κ3) is 5.52. The minimum absolute atomic E-state index is 0.00272. The molecular formula is C22H23ClN6O5. The van der Waals surface area contributed by atoms with Crippen molar-refractivity contribution in [1.29, 1.82) is 5.26 Å². The molecule has 0 spiro atoms. The second-order valence-corrected chi connectivity index (χ2v) is 8.06. The van der Waals surface area contributed by atoms with Gasteiger partial charge in [-0.2, -0.15) is 10.4 Å². The van der Waals surface area contributed by atoms with Crippen LogP contribution in [0.25, 0.3) is 0 Å². The second kappa shape index (κ2) is 10.8. The lowest BCUT2D eigenvalue weighted by molar-refractivity contribution is -0.114. The summed E-state index contributed by atoms with van der Waals surface area (Å²) >= 11 is 6.52. The van der Waals surface area contributed by atoms with Crippen molar-refractivity contribution in [2.45, 2.75) is 46.0 Å². The molecule has 0 radical (unpaired) electrons. The maximum Gasteiger partial charge on any atom is 0.414 e. The number of alkyl carbamates (subject to hydrolysis) is 1. The van der Waals surface area contributed by atoms with Crippen molar-refractivity contribution in [3.05, 3.63) is 44.2 Å². The molecule has 0 saturated carbocycles. The van der Waals surface area contributed by atoms with Gasteiger partial charge in [0.15, 0.2) is 5.75 Å². The standard InChI is InChI=1S/C22H23ClN6O5/c1-4-33-22(32)25-20(31)17(10-24)27-26-16-9-15(23)19(13-7-5-6-12(13)16)34-21-14(11(2)3)8-18(30)28-29-21/h8-9,11,26H,4-7H2,1-3H3,(H,28,30)(H,25,31,32)/b27-17+. The van der Waals surface area contributed by atoms with Crippen LogP contribution >= 0.6 is 11.6 Å². The van der Waals surface area contributed by atoms with Gasteiger partial charge in [0, 0.05) is 17.2 Å². The van der Waals surface area contributed by atoms with E-state index in [0.29, 0.717) is 29.8 Å². The van der Waals surface area contributed by atoms with Crippen LogP contribution in [0, 0.1) is 11.3 Å². The number of nitrogens with zero attached hydrogens (tertiary/aromatic N) is 3. The Morgan fingerprint density at radius 3 is 2.74 bits per heavy atom. The molecule has 2 amide bonds. The predicted octanol–water partition coefficient (Wildman–Crippen LogP) is 3.39. The third-order valence-corrected chi connectivity index (χ3v) is 5.31. The van der Waals surface area contributed by atoms with E-state index in [1.807, 2.05) is 19.2 Å². The normalized spacial score (nSPS) is 12.6. The number of hydrogen-bond acceptors (Lipinski definition) is 9. The van der Waals surface area contributed by atoms with Crippen molar-refractivity contribution >= 4 is 35.0 Å². The number of benzene rings is 1. The van der Waals surface area contributed by atoms with Crippen LogP contribution in [0.3, 0.4) is 0 Å². The number of aromatic amines is 1. The van der Waals surface area contributed by atoms with Gasteiger partial charge >= 0.3 is 6.09 Å². The molecule has 1 aromatic heterocycles. The zero-order valence-electron chi connectivity index (χ0n) is 18.8. The fraction of sp³-hybridized carbons (Fsp3) is 0.364. The number of nitriles is 1. The highest BCUT2D eigenvalue weighted by molar-refractivity contribution is 6.46. The van der Waals surface area contributed by atoms with Gasteiger partial charge in [0.05, 0.1) is 17.3 Å². The maximum absolute atomic E-state index is 12.1. The number of rotatable bonds is 7. The lowest BCUT2D eigenvalue weighted by atomic mass is 10.1. The van der Waals surface area contributed by atoms with Gasteiger partial charge in [-0.25, -0.2) is 9.89 Å². The van der Waals surface area contributed by atoms with E-state index >= 15 is 0 Å². The first-order valence-electron chi connectivity index (χ1n) is 10.6. The van der Waals surface area contributed by atoms with Gasteiger partial charge in [0.1, 0.15) is 6.07 Å². The first kappa shape index (κ1) is 24.7. The average molecular weight is 487 g/mol. The Bertz CT molecular complexity index is 1250. The number of amides is 2. The molecule has 1 heterocycles. The lowest BCUT2D eigenvalue weighted by Crippen LogP contribution is -2.36. The van der Waals surface area contributed by atoms with Crippen LogP contribution in [0.1, 0.15) is 49.8 Å². The Morgan fingerprint density at radius 2 is 2.06 bits per heavy atom. The second-order valence-electron chi connectivity index (χ2n) is 7.65. The van der Waals surface area contributed by atoms with E-state index in [1.54, 1.807) is 19.1 Å². The van der Waals surface area contributed by atoms with Crippen molar-refractivity contribution in [3.8, 4) is 17.7 Å². The van der Waals surface area contributed by atoms with Crippen molar-refractivity contribution in [2.24, 2.45) is 5.10 Å². The number of carbonyl (C=O) groups is 2. The molecule has 2 aromatic rings. The molecule has 0 bridgehead atoms. The largest absolute Gasteiger partial charge is 0.450 e. The van der Waals surface area contributed by atoms with Crippen LogP contribution in [0.2, 0.25) is 5.02 Å². The lowest BCUT2D eigenvalue weighted by Gasteiger charge is -2.17. The molecule has 0 atom stereocenters. The van der Waals surface area contributed by atoms with Crippen LogP contribution in [-0.2, 0) is 22.4 Å². The Balaban J connectivity index is 1.90. The van der Waals surface area contributed by atoms with E-state index in [9.17, 15) is 19.6 Å². The van der Waals surface area contributed by atoms with Crippen molar-refractivity contribution < 1.29 is 19.1 Å². The van der Waals surface area contributed by atoms with E-state index in [0.717, 1.165) is 17.5 Å². The highest BCUT2D eigenvalue weighted by Crippen LogP contribution is 2.43. The van der Waals surface area contributed by atoms with Gasteiger partial charge in [0.25, 0.3) is 11.5 Å². The summed E-state index contributed by atoms with van der Waals surface area (Å²) in [6, 6.07) is 4.65. The number of imide groups is 1. The third-order valence-electron chi connectivity index (χ3n) is 5.03. The van der Waals surface area contributed by atoms with E-state index in [-0.39, 0.29) is 29.0 Å². The first-order chi connectivity index (χ1) is 16.2. The summed E-state index contributed by atoms with van der Waals surface area (Å²) < 4.78 is 10.7. The van der Waals surface area contributed by atoms with Gasteiger partial charge in [-0.15, -0.1) is 5.10 Å². The van der Waals surface area contributed by atoms with Crippen LogP contribution in [-0.4, -0.2) is 34.5 Å². The minimum atomic E-state index is -0.999. The molecule has 12 heteroatoms. The molecule has 0 aliphatic heterocycles. The molecule has 1 aromatic carbocycles. The van der Waals surface area contributed by atoms with Gasteiger partial charge in [0.2, 0.25) is 11.6 Å². The summed E-state index contributed by atoms with van der Waals surface area (Å²) in [6.07, 6.45) is 1.22. The number of anilines is 1. The smallest absolute Gasteiger partial charge is 0.414 e. The van der Waals surface area contributed by atoms with Crippen molar-refractivity contribution in [1.82, 2.24) is 15.5 Å². The molecule has 34 heavy (non-hydrogen) atoms. The predicted molar refractivity (Wildman–Crippen MR) is 124 cm³/mol. The summed E-state index contributed by atoms with van der Waals surface area (Å²) in [5.41, 5.74) is 4.65. The molecule has 3 N–H and O–H groups in total. The summed E-state index contributed by atoms with van der Waals surface area (Å²) in [7, 11) is 0. The average Bonchev–Trinajstić information content (AvgIpc) is 3.27. The van der Waals surface area contributed by atoms with Crippen LogP contribution < -0.4 is 21.0 Å². The fourth-order valence-corrected chi connectivity index (χ4v) is 3.75. The number of halogens is 1. The number of hydrogen-bond donors (Lipinski definition) is 3. The van der Waals surface area contributed by atoms with Crippen molar-refractivity contribution in [2.75, 3.05) is 12.0 Å². The minimum Gasteiger partial charge on any atom is -0.450 e. The van der Waals surface area contributed by atoms with E-state index < -0.39 is 17.7 Å². The Kier molecular flexibility index (Phi) is 7.86. The molecule has 1 aliphatic rings. The highest BCUT2D eigenvalue weighted by Gasteiger charge is 2.25. The molecule has 0 saturated heterocycles. The summed E-state index contributed by atoms with van der Waals surface area (Å²) in [4.78, 5) is 35.2. The maximum atomic E-state index is 12.1. The van der Waals surface area contributed by atoms with Gasteiger partial charge in [-0.3, -0.25) is 20.3 Å². The number of carbonyl (C=O) groups excluding carboxylic acids is 2. The van der Waals surface area contributed by atoms with Gasteiger partial charge < -0.3 is 9.47 Å². The zero-order valence-corrected chi connectivity index (χ0v) is 19.6. The zero-order chi connectivity index (χ0) is 24.8. The van der Waals surface area contributed by atoms with E-state index in [1.165, 1.54) is 6.07 Å². The number of nitrogens with one attached hydrogen (secondary N) is 3. The Labute approximate surface area is 200 Å². The molecule has 0 unspecified atom stereocenters. The molecule has 3 rings (SSSR count). The molecule has 178 valence electrons. The molecule has 11 nitrogen and oxygen atoms in total. The van der Waals surface area contributed by atoms with Crippen LogP contribution in [0.15, 0.2) is 22.0 Å².